The summed E-state index contributed by atoms with van der Waals surface area (Å²) in [6, 6.07) is 2.93. The molecule has 0 spiro atoms. The van der Waals surface area contributed by atoms with Gasteiger partial charge in [-0.3, -0.25) is 4.68 Å². The molecular formula is C8H10N2. The lowest BCUT2D eigenvalue weighted by atomic mass is 10.1. The second-order valence-electron chi connectivity index (χ2n) is 3.36. The van der Waals surface area contributed by atoms with Crippen LogP contribution in [0.4, 0.5) is 0 Å². The maximum atomic E-state index is 4.30. The molecule has 2 heteroatoms. The summed E-state index contributed by atoms with van der Waals surface area (Å²) in [7, 11) is 0. The molecule has 0 N–H and O–H groups in total. The lowest BCUT2D eigenvalue weighted by molar-refractivity contribution is 0.476. The van der Waals surface area contributed by atoms with Crippen molar-refractivity contribution in [3.8, 4) is 0 Å². The number of hydrogen-bond donors (Lipinski definition) is 0. The molecule has 0 aromatic carbocycles. The SMILES string of the molecule is c1cc2n(n1)C1CCC2C1. The maximum Gasteiger partial charge on any atom is 0.0529 e. The van der Waals surface area contributed by atoms with Gasteiger partial charge in [0.15, 0.2) is 0 Å². The topological polar surface area (TPSA) is 17.8 Å². The van der Waals surface area contributed by atoms with Crippen LogP contribution in [0.15, 0.2) is 12.3 Å². The Kier molecular flexibility index (Phi) is 0.712. The van der Waals surface area contributed by atoms with Crippen LogP contribution in [-0.4, -0.2) is 9.78 Å². The van der Waals surface area contributed by atoms with E-state index in [0.29, 0.717) is 0 Å². The van der Waals surface area contributed by atoms with Gasteiger partial charge in [-0.15, -0.1) is 0 Å². The van der Waals surface area contributed by atoms with Crippen molar-refractivity contribution >= 4 is 0 Å². The van der Waals surface area contributed by atoms with Crippen LogP contribution >= 0.6 is 0 Å². The molecule has 1 fully saturated rings. The number of aromatic nitrogens is 2. The van der Waals surface area contributed by atoms with Gasteiger partial charge in [0.1, 0.15) is 0 Å². The minimum absolute atomic E-state index is 0.759. The zero-order valence-electron chi connectivity index (χ0n) is 5.83. The summed E-state index contributed by atoms with van der Waals surface area (Å²) in [6.07, 6.45) is 6.05. The molecule has 1 aliphatic carbocycles. The third kappa shape index (κ3) is 0.405. The molecular weight excluding hydrogens is 124 g/mol. The van der Waals surface area contributed by atoms with Crippen molar-refractivity contribution in [1.29, 1.82) is 0 Å². The lowest BCUT2D eigenvalue weighted by Crippen LogP contribution is -2.06. The minimum atomic E-state index is 0.759. The van der Waals surface area contributed by atoms with Gasteiger partial charge >= 0.3 is 0 Å². The summed E-state index contributed by atoms with van der Waals surface area (Å²) in [4.78, 5) is 0. The highest BCUT2D eigenvalue weighted by Gasteiger charge is 2.36. The first kappa shape index (κ1) is 4.94. The van der Waals surface area contributed by atoms with Crippen LogP contribution in [0, 0.1) is 0 Å². The number of hydrogen-bond acceptors (Lipinski definition) is 1. The summed E-state index contributed by atoms with van der Waals surface area (Å²) in [5.41, 5.74) is 1.48. The molecule has 1 aromatic heterocycles. The van der Waals surface area contributed by atoms with Crippen LogP contribution in [-0.2, 0) is 0 Å². The Morgan fingerprint density at radius 1 is 1.50 bits per heavy atom. The van der Waals surface area contributed by atoms with Crippen molar-refractivity contribution < 1.29 is 0 Å². The summed E-state index contributed by atoms with van der Waals surface area (Å²) in [5, 5.41) is 4.30. The molecule has 10 heavy (non-hydrogen) atoms. The Hall–Kier alpha value is -0.790. The molecule has 1 saturated carbocycles. The van der Waals surface area contributed by atoms with E-state index in [4.69, 9.17) is 0 Å². The van der Waals surface area contributed by atoms with E-state index in [0.717, 1.165) is 12.0 Å². The van der Waals surface area contributed by atoms with Gasteiger partial charge in [0, 0.05) is 17.8 Å². The van der Waals surface area contributed by atoms with Gasteiger partial charge in [0.05, 0.1) is 6.04 Å². The van der Waals surface area contributed by atoms with Crippen molar-refractivity contribution in [3.05, 3.63) is 18.0 Å². The van der Waals surface area contributed by atoms with Gasteiger partial charge in [-0.1, -0.05) is 0 Å². The summed E-state index contributed by atoms with van der Waals surface area (Å²) < 4.78 is 2.22. The average molecular weight is 134 g/mol. The standard InChI is InChI=1S/C8H10N2/c1-2-7-5-6(1)8-3-4-9-10(7)8/h3-4,6-7H,1-2,5H2. The van der Waals surface area contributed by atoms with E-state index in [1.807, 2.05) is 6.20 Å². The Morgan fingerprint density at radius 3 is 3.40 bits per heavy atom. The van der Waals surface area contributed by atoms with Crippen molar-refractivity contribution in [2.45, 2.75) is 31.2 Å². The molecule has 2 heterocycles. The fourth-order valence-electron chi connectivity index (χ4n) is 2.40. The van der Waals surface area contributed by atoms with Gasteiger partial charge in [-0.05, 0) is 25.3 Å². The van der Waals surface area contributed by atoms with Gasteiger partial charge in [0.2, 0.25) is 0 Å². The van der Waals surface area contributed by atoms with Crippen LogP contribution < -0.4 is 0 Å². The van der Waals surface area contributed by atoms with E-state index in [1.54, 1.807) is 0 Å². The van der Waals surface area contributed by atoms with Crippen LogP contribution in [0.3, 0.4) is 0 Å². The van der Waals surface area contributed by atoms with Crippen molar-refractivity contribution in [3.63, 3.8) is 0 Å². The molecule has 3 rings (SSSR count). The molecule has 0 amide bonds. The highest BCUT2D eigenvalue weighted by Crippen LogP contribution is 2.47. The summed E-state index contributed by atoms with van der Waals surface area (Å²) in [5.74, 6) is 0.854. The second kappa shape index (κ2) is 1.44. The van der Waals surface area contributed by atoms with Crippen molar-refractivity contribution in [2.24, 2.45) is 0 Å². The first-order valence-corrected chi connectivity index (χ1v) is 3.98. The lowest BCUT2D eigenvalue weighted by Gasteiger charge is -2.11. The first-order chi connectivity index (χ1) is 4.95. The Balaban J connectivity index is 2.25. The average Bonchev–Trinajstić information content (AvgIpc) is 2.60. The predicted octanol–water partition coefficient (Wildman–Crippen LogP) is 1.71. The highest BCUT2D eigenvalue weighted by atomic mass is 15.3. The van der Waals surface area contributed by atoms with E-state index in [2.05, 4.69) is 15.8 Å². The van der Waals surface area contributed by atoms with Crippen LogP contribution in [0.25, 0.3) is 0 Å². The van der Waals surface area contributed by atoms with Crippen LogP contribution in [0.1, 0.15) is 36.9 Å². The molecule has 52 valence electrons. The second-order valence-corrected chi connectivity index (χ2v) is 3.36. The third-order valence-corrected chi connectivity index (χ3v) is 2.87. The molecule has 2 bridgehead atoms. The third-order valence-electron chi connectivity index (χ3n) is 2.87. The molecule has 2 aliphatic rings. The van der Waals surface area contributed by atoms with Crippen LogP contribution in [0.5, 0.6) is 0 Å². The van der Waals surface area contributed by atoms with Crippen LogP contribution in [0.2, 0.25) is 0 Å². The molecule has 2 atom stereocenters. The smallest absolute Gasteiger partial charge is 0.0529 e. The van der Waals surface area contributed by atoms with E-state index < -0.39 is 0 Å². The molecule has 0 radical (unpaired) electrons. The monoisotopic (exact) mass is 134 g/mol. The minimum Gasteiger partial charge on any atom is -0.266 e. The molecule has 1 aromatic rings. The van der Waals surface area contributed by atoms with Gasteiger partial charge in [0.25, 0.3) is 0 Å². The fourth-order valence-corrected chi connectivity index (χ4v) is 2.40. The van der Waals surface area contributed by atoms with Gasteiger partial charge < -0.3 is 0 Å². The summed E-state index contributed by atoms with van der Waals surface area (Å²) >= 11 is 0. The molecule has 2 nitrogen and oxygen atoms in total. The van der Waals surface area contributed by atoms with Gasteiger partial charge in [-0.25, -0.2) is 0 Å². The maximum absolute atomic E-state index is 4.30. The zero-order valence-corrected chi connectivity index (χ0v) is 5.83. The Morgan fingerprint density at radius 2 is 2.50 bits per heavy atom. The summed E-state index contributed by atoms with van der Waals surface area (Å²) in [6.45, 7) is 0. The quantitative estimate of drug-likeness (QED) is 0.528. The zero-order chi connectivity index (χ0) is 6.55. The predicted molar refractivity (Wildman–Crippen MR) is 37.9 cm³/mol. The fraction of sp³-hybridized carbons (Fsp3) is 0.625. The molecule has 1 aliphatic heterocycles. The van der Waals surface area contributed by atoms with Gasteiger partial charge in [-0.2, -0.15) is 5.10 Å². The van der Waals surface area contributed by atoms with E-state index in [9.17, 15) is 0 Å². The largest absolute Gasteiger partial charge is 0.266 e. The number of rotatable bonds is 0. The number of fused-ring (bicyclic) bond motifs is 5. The molecule has 2 unspecified atom stereocenters. The van der Waals surface area contributed by atoms with E-state index in [-0.39, 0.29) is 0 Å². The van der Waals surface area contributed by atoms with E-state index >= 15 is 0 Å². The normalized spacial score (nSPS) is 34.8. The highest BCUT2D eigenvalue weighted by molar-refractivity contribution is 5.17. The number of nitrogens with zero attached hydrogens (tertiary/aromatic N) is 2. The van der Waals surface area contributed by atoms with Crippen molar-refractivity contribution in [2.75, 3.05) is 0 Å². The first-order valence-electron chi connectivity index (χ1n) is 3.98. The Bertz CT molecular complexity index is 239. The van der Waals surface area contributed by atoms with E-state index in [1.165, 1.54) is 25.0 Å². The van der Waals surface area contributed by atoms with Crippen molar-refractivity contribution in [1.82, 2.24) is 9.78 Å². The molecule has 0 saturated heterocycles. The Labute approximate surface area is 59.9 Å².